The molecule has 4 amide bonds. The minimum atomic E-state index is -4.64. The van der Waals surface area contributed by atoms with E-state index < -0.39 is 30.7 Å². The monoisotopic (exact) mass is 436 g/mol. The third-order valence-corrected chi connectivity index (χ3v) is 5.31. The number of hydrogen-bond acceptors (Lipinski definition) is 5. The van der Waals surface area contributed by atoms with E-state index in [-0.39, 0.29) is 23.0 Å². The molecule has 2 aliphatic rings. The third-order valence-electron chi connectivity index (χ3n) is 5.31. The Hall–Kier alpha value is -3.44. The van der Waals surface area contributed by atoms with Crippen molar-refractivity contribution in [2.75, 3.05) is 26.2 Å². The molecule has 0 spiro atoms. The second-order valence-electron chi connectivity index (χ2n) is 7.38. The average Bonchev–Trinajstić information content (AvgIpc) is 3.34. The van der Waals surface area contributed by atoms with E-state index in [9.17, 15) is 27.6 Å². The minimum Gasteiger partial charge on any atom is -0.337 e. The molecule has 0 aliphatic carbocycles. The van der Waals surface area contributed by atoms with E-state index in [0.29, 0.717) is 31.6 Å². The summed E-state index contributed by atoms with van der Waals surface area (Å²) in [6.07, 6.45) is -2.55. The molecule has 3 heterocycles. The molecular formula is C19H19F3N6O3. The van der Waals surface area contributed by atoms with E-state index >= 15 is 0 Å². The number of urea groups is 1. The van der Waals surface area contributed by atoms with E-state index in [1.165, 1.54) is 15.9 Å². The number of aromatic nitrogens is 3. The lowest BCUT2D eigenvalue weighted by molar-refractivity contribution is -0.151. The van der Waals surface area contributed by atoms with Crippen molar-refractivity contribution in [1.82, 2.24) is 29.7 Å². The van der Waals surface area contributed by atoms with Gasteiger partial charge in [-0.3, -0.25) is 14.5 Å². The first-order valence-corrected chi connectivity index (χ1v) is 9.68. The zero-order chi connectivity index (χ0) is 22.2. The maximum Gasteiger partial charge on any atom is 0.406 e. The quantitative estimate of drug-likeness (QED) is 0.681. The molecule has 0 bridgehead atoms. The number of carbonyl (C=O) groups is 3. The highest BCUT2D eigenvalue weighted by molar-refractivity contribution is 6.02. The molecule has 31 heavy (non-hydrogen) atoms. The molecule has 4 rings (SSSR count). The number of halogens is 3. The lowest BCUT2D eigenvalue weighted by atomic mass is 10.0. The number of hydrogen-bond donors (Lipinski definition) is 0. The number of para-hydroxylation sites is 1. The van der Waals surface area contributed by atoms with Crippen LogP contribution in [0.25, 0.3) is 5.69 Å². The average molecular weight is 436 g/mol. The summed E-state index contributed by atoms with van der Waals surface area (Å²) in [4.78, 5) is 41.2. The molecule has 0 atom stereocenters. The Kier molecular flexibility index (Phi) is 5.38. The highest BCUT2D eigenvalue weighted by Gasteiger charge is 2.45. The van der Waals surface area contributed by atoms with E-state index in [1.54, 1.807) is 17.0 Å². The number of benzene rings is 1. The van der Waals surface area contributed by atoms with Gasteiger partial charge < -0.3 is 9.80 Å². The second kappa shape index (κ2) is 8.00. The lowest BCUT2D eigenvalue weighted by Gasteiger charge is -2.35. The first kappa shape index (κ1) is 20.8. The van der Waals surface area contributed by atoms with Crippen molar-refractivity contribution in [3.05, 3.63) is 42.2 Å². The van der Waals surface area contributed by atoms with Gasteiger partial charge in [-0.15, -0.1) is 5.10 Å². The summed E-state index contributed by atoms with van der Waals surface area (Å²) in [7, 11) is 0. The Morgan fingerprint density at radius 1 is 1.10 bits per heavy atom. The standard InChI is InChI=1S/C19H19F3N6O3/c20-19(21,22)12-27-16(29)11-26(18(27)31)13-6-8-25(9-7-13)17(30)15-10-23-28(24-15)14-4-2-1-3-5-14/h1-5,10,13H,6-9,11-12H2. The minimum absolute atomic E-state index is 0.172. The first-order chi connectivity index (χ1) is 14.7. The van der Waals surface area contributed by atoms with Crippen molar-refractivity contribution < 1.29 is 27.6 Å². The van der Waals surface area contributed by atoms with Gasteiger partial charge in [0, 0.05) is 19.1 Å². The van der Waals surface area contributed by atoms with Crippen LogP contribution in [0.4, 0.5) is 18.0 Å². The maximum atomic E-state index is 12.7. The molecule has 1 aromatic heterocycles. The van der Waals surface area contributed by atoms with Crippen molar-refractivity contribution in [3.8, 4) is 5.69 Å². The molecule has 0 radical (unpaired) electrons. The number of likely N-dealkylation sites (tertiary alicyclic amines) is 1. The summed E-state index contributed by atoms with van der Waals surface area (Å²) < 4.78 is 37.8. The topological polar surface area (TPSA) is 91.6 Å². The Labute approximate surface area is 175 Å². The summed E-state index contributed by atoms with van der Waals surface area (Å²) in [5.74, 6) is -1.18. The van der Waals surface area contributed by atoms with Gasteiger partial charge >= 0.3 is 12.2 Å². The van der Waals surface area contributed by atoms with Gasteiger partial charge in [0.05, 0.1) is 11.9 Å². The molecule has 9 nitrogen and oxygen atoms in total. The highest BCUT2D eigenvalue weighted by atomic mass is 19.4. The van der Waals surface area contributed by atoms with Crippen LogP contribution < -0.4 is 0 Å². The zero-order valence-corrected chi connectivity index (χ0v) is 16.3. The Balaban J connectivity index is 1.36. The number of carbonyl (C=O) groups excluding carboxylic acids is 3. The van der Waals surface area contributed by atoms with Crippen molar-refractivity contribution >= 4 is 17.8 Å². The largest absolute Gasteiger partial charge is 0.406 e. The van der Waals surface area contributed by atoms with E-state index in [1.807, 2.05) is 18.2 Å². The number of rotatable bonds is 4. The van der Waals surface area contributed by atoms with Gasteiger partial charge in [-0.05, 0) is 25.0 Å². The van der Waals surface area contributed by atoms with Crippen LogP contribution in [-0.4, -0.2) is 85.9 Å². The first-order valence-electron chi connectivity index (χ1n) is 9.68. The molecule has 2 aromatic rings. The van der Waals surface area contributed by atoms with Gasteiger partial charge in [-0.1, -0.05) is 18.2 Å². The van der Waals surface area contributed by atoms with E-state index in [2.05, 4.69) is 10.2 Å². The smallest absolute Gasteiger partial charge is 0.337 e. The van der Waals surface area contributed by atoms with Crippen LogP contribution >= 0.6 is 0 Å². The summed E-state index contributed by atoms with van der Waals surface area (Å²) in [6.45, 7) is -1.38. The molecule has 1 aromatic carbocycles. The number of nitrogens with zero attached hydrogens (tertiary/aromatic N) is 6. The van der Waals surface area contributed by atoms with Crippen molar-refractivity contribution in [2.45, 2.75) is 25.1 Å². The molecule has 2 aliphatic heterocycles. The maximum absolute atomic E-state index is 12.7. The lowest BCUT2D eigenvalue weighted by Crippen LogP contribution is -2.48. The summed E-state index contributed by atoms with van der Waals surface area (Å²) in [5.41, 5.74) is 0.881. The normalized spacial score (nSPS) is 18.2. The molecular weight excluding hydrogens is 417 g/mol. The molecule has 2 fully saturated rings. The summed E-state index contributed by atoms with van der Waals surface area (Å²) in [5, 5.41) is 8.32. The van der Waals surface area contributed by atoms with Gasteiger partial charge in [0.2, 0.25) is 0 Å². The molecule has 2 saturated heterocycles. The summed E-state index contributed by atoms with van der Waals surface area (Å²) >= 11 is 0. The van der Waals surface area contributed by atoms with Gasteiger partial charge in [0.15, 0.2) is 5.69 Å². The number of alkyl halides is 3. The van der Waals surface area contributed by atoms with Crippen LogP contribution in [0.1, 0.15) is 23.3 Å². The van der Waals surface area contributed by atoms with Gasteiger partial charge in [0.1, 0.15) is 13.1 Å². The second-order valence-corrected chi connectivity index (χ2v) is 7.38. The number of imide groups is 1. The predicted molar refractivity (Wildman–Crippen MR) is 100 cm³/mol. The SMILES string of the molecule is O=C(c1cnn(-c2ccccc2)n1)N1CCC(N2CC(=O)N(CC(F)(F)F)C2=O)CC1. The zero-order valence-electron chi connectivity index (χ0n) is 16.3. The van der Waals surface area contributed by atoms with Crippen LogP contribution in [0.5, 0.6) is 0 Å². The fourth-order valence-electron chi connectivity index (χ4n) is 3.77. The molecule has 164 valence electrons. The number of piperidine rings is 1. The molecule has 12 heteroatoms. The van der Waals surface area contributed by atoms with E-state index in [4.69, 9.17) is 0 Å². The van der Waals surface area contributed by atoms with E-state index in [0.717, 1.165) is 0 Å². The van der Waals surface area contributed by atoms with Crippen LogP contribution in [0.15, 0.2) is 36.5 Å². The van der Waals surface area contributed by atoms with Crippen molar-refractivity contribution in [2.24, 2.45) is 0 Å². The fourth-order valence-corrected chi connectivity index (χ4v) is 3.77. The molecule has 0 N–H and O–H groups in total. The van der Waals surface area contributed by atoms with Crippen molar-refractivity contribution in [1.29, 1.82) is 0 Å². The summed E-state index contributed by atoms with van der Waals surface area (Å²) in [6, 6.07) is 7.77. The molecule has 0 unspecified atom stereocenters. The van der Waals surface area contributed by atoms with Gasteiger partial charge in [-0.25, -0.2) is 4.79 Å². The third kappa shape index (κ3) is 4.37. The van der Waals surface area contributed by atoms with Crippen molar-refractivity contribution in [3.63, 3.8) is 0 Å². The predicted octanol–water partition coefficient (Wildman–Crippen LogP) is 1.70. The van der Waals surface area contributed by atoms with Crippen LogP contribution in [0.3, 0.4) is 0 Å². The Morgan fingerprint density at radius 3 is 2.42 bits per heavy atom. The Bertz CT molecular complexity index is 985. The van der Waals surface area contributed by atoms with Crippen LogP contribution in [0.2, 0.25) is 0 Å². The van der Waals surface area contributed by atoms with Crippen LogP contribution in [-0.2, 0) is 4.79 Å². The fraction of sp³-hybridized carbons (Fsp3) is 0.421. The van der Waals surface area contributed by atoms with Gasteiger partial charge in [0.25, 0.3) is 11.8 Å². The van der Waals surface area contributed by atoms with Gasteiger partial charge in [-0.2, -0.15) is 23.1 Å². The molecule has 0 saturated carbocycles. The van der Waals surface area contributed by atoms with Crippen LogP contribution in [0, 0.1) is 0 Å². The highest BCUT2D eigenvalue weighted by Crippen LogP contribution is 2.26. The Morgan fingerprint density at radius 2 is 1.77 bits per heavy atom. The number of amides is 4.